The van der Waals surface area contributed by atoms with Crippen molar-refractivity contribution in [3.63, 3.8) is 0 Å². The number of carbonyl (C=O) groups is 2. The Hall–Kier alpha value is -2.26. The van der Waals surface area contributed by atoms with Gasteiger partial charge in [-0.3, -0.25) is 9.35 Å². The van der Waals surface area contributed by atoms with E-state index in [4.69, 9.17) is 9.29 Å². The van der Waals surface area contributed by atoms with Crippen LogP contribution in [0.15, 0.2) is 23.1 Å². The highest BCUT2D eigenvalue weighted by atomic mass is 127. The van der Waals surface area contributed by atoms with Crippen LogP contribution in [0, 0.1) is 26.8 Å². The molecule has 0 bridgehead atoms. The van der Waals surface area contributed by atoms with Gasteiger partial charge in [0.05, 0.1) is 9.13 Å². The summed E-state index contributed by atoms with van der Waals surface area (Å²) in [5.41, 5.74) is -0.407. The highest BCUT2D eigenvalue weighted by Gasteiger charge is 2.34. The number of ether oxygens (including phenoxy) is 2. The van der Waals surface area contributed by atoms with Gasteiger partial charge in [0.1, 0.15) is 5.75 Å². The number of hydrogen-bond donors (Lipinski definition) is 1. The molecule has 13 heteroatoms. The predicted octanol–water partition coefficient (Wildman–Crippen LogP) is 3.24. The Morgan fingerprint density at radius 3 is 2.00 bits per heavy atom. The minimum atomic E-state index is -5.65. The molecule has 0 saturated heterocycles. The van der Waals surface area contributed by atoms with Crippen molar-refractivity contribution in [3.05, 3.63) is 50.6 Å². The van der Waals surface area contributed by atoms with Crippen molar-refractivity contribution in [2.45, 2.75) is 11.8 Å². The lowest BCUT2D eigenvalue weighted by Crippen LogP contribution is -2.16. The Morgan fingerprint density at radius 2 is 1.54 bits per heavy atom. The molecule has 0 aromatic heterocycles. The van der Waals surface area contributed by atoms with Gasteiger partial charge in [0.25, 0.3) is 0 Å². The average molecular weight is 534 g/mol. The van der Waals surface area contributed by atoms with Crippen LogP contribution >= 0.6 is 22.6 Å². The highest BCUT2D eigenvalue weighted by molar-refractivity contribution is 14.1. The molecule has 150 valence electrons. The Balaban J connectivity index is 2.50. The molecule has 0 fully saturated rings. The van der Waals surface area contributed by atoms with Crippen LogP contribution in [0.1, 0.15) is 17.3 Å². The van der Waals surface area contributed by atoms with E-state index in [0.717, 1.165) is 19.1 Å². The molecule has 28 heavy (non-hydrogen) atoms. The quantitative estimate of drug-likeness (QED) is 0.160. The fraction of sp³-hybridized carbons (Fsp3) is 0.0667. The second-order valence-electron chi connectivity index (χ2n) is 5.02. The fourth-order valence-corrected chi connectivity index (χ4v) is 3.00. The summed E-state index contributed by atoms with van der Waals surface area (Å²) >= 11 is 1.76. The normalized spacial score (nSPS) is 11.2. The Morgan fingerprint density at radius 1 is 1.00 bits per heavy atom. The predicted molar refractivity (Wildman–Crippen MR) is 91.5 cm³/mol. The van der Waals surface area contributed by atoms with Gasteiger partial charge in [-0.25, -0.2) is 13.6 Å². The third-order valence-electron chi connectivity index (χ3n) is 3.06. The third kappa shape index (κ3) is 4.41. The number of hydrogen-bond acceptors (Lipinski definition) is 6. The van der Waals surface area contributed by atoms with E-state index >= 15 is 0 Å². The van der Waals surface area contributed by atoms with Crippen molar-refractivity contribution in [2.24, 2.45) is 0 Å². The van der Waals surface area contributed by atoms with E-state index in [9.17, 15) is 35.6 Å². The van der Waals surface area contributed by atoms with E-state index in [1.54, 1.807) is 22.6 Å². The van der Waals surface area contributed by atoms with Crippen LogP contribution in [-0.2, 0) is 14.9 Å². The van der Waals surface area contributed by atoms with Gasteiger partial charge in [-0.2, -0.15) is 17.2 Å². The van der Waals surface area contributed by atoms with Crippen molar-refractivity contribution < 1.29 is 49.6 Å². The van der Waals surface area contributed by atoms with E-state index in [0.29, 0.717) is 3.57 Å². The highest BCUT2D eigenvalue weighted by Crippen LogP contribution is 2.33. The Kier molecular flexibility index (Phi) is 6.30. The van der Waals surface area contributed by atoms with Gasteiger partial charge in [0, 0.05) is 6.92 Å². The van der Waals surface area contributed by atoms with Crippen molar-refractivity contribution in [1.29, 1.82) is 0 Å². The van der Waals surface area contributed by atoms with Crippen LogP contribution in [0.3, 0.4) is 0 Å². The first kappa shape index (κ1) is 22.0. The molecule has 0 spiro atoms. The molecule has 0 atom stereocenters. The molecule has 0 aliphatic heterocycles. The molecular formula is C15H7F4IO7S. The van der Waals surface area contributed by atoms with E-state index in [1.807, 2.05) is 0 Å². The SMILES string of the molecule is CC(=O)Oc1cc(C(=O)Oc2c(F)c(F)c(S(=O)(=O)O)c(F)c2F)ccc1I. The lowest BCUT2D eigenvalue weighted by molar-refractivity contribution is -0.131. The van der Waals surface area contributed by atoms with Crippen LogP contribution < -0.4 is 9.47 Å². The van der Waals surface area contributed by atoms with Gasteiger partial charge in [0.2, 0.25) is 17.4 Å². The zero-order chi connectivity index (χ0) is 21.4. The van der Waals surface area contributed by atoms with E-state index < -0.39 is 61.5 Å². The molecule has 0 amide bonds. The van der Waals surface area contributed by atoms with Crippen molar-refractivity contribution in [1.82, 2.24) is 0 Å². The second kappa shape index (κ2) is 8.00. The molecule has 1 N–H and O–H groups in total. The van der Waals surface area contributed by atoms with Crippen molar-refractivity contribution in [2.75, 3.05) is 0 Å². The van der Waals surface area contributed by atoms with E-state index in [2.05, 4.69) is 4.74 Å². The summed E-state index contributed by atoms with van der Waals surface area (Å²) in [6.45, 7) is 1.08. The first-order valence-electron chi connectivity index (χ1n) is 6.88. The lowest BCUT2D eigenvalue weighted by atomic mass is 10.2. The smallest absolute Gasteiger partial charge is 0.343 e. The van der Waals surface area contributed by atoms with Crippen LogP contribution in [0.4, 0.5) is 17.6 Å². The Labute approximate surface area is 168 Å². The second-order valence-corrected chi connectivity index (χ2v) is 7.54. The monoisotopic (exact) mass is 534 g/mol. The molecule has 0 saturated carbocycles. The molecule has 0 heterocycles. The maximum absolute atomic E-state index is 13.9. The summed E-state index contributed by atoms with van der Waals surface area (Å²) < 4.78 is 95.3. The number of rotatable bonds is 4. The van der Waals surface area contributed by atoms with Gasteiger partial charge in [-0.05, 0) is 40.8 Å². The molecule has 7 nitrogen and oxygen atoms in total. The van der Waals surface area contributed by atoms with Gasteiger partial charge in [-0.15, -0.1) is 0 Å². The topological polar surface area (TPSA) is 107 Å². The van der Waals surface area contributed by atoms with E-state index in [1.165, 1.54) is 6.07 Å². The zero-order valence-corrected chi connectivity index (χ0v) is 16.4. The molecule has 2 rings (SSSR count). The van der Waals surface area contributed by atoms with E-state index in [-0.39, 0.29) is 5.75 Å². The number of halogens is 5. The van der Waals surface area contributed by atoms with Crippen LogP contribution in [-0.4, -0.2) is 24.9 Å². The van der Waals surface area contributed by atoms with Crippen molar-refractivity contribution >= 4 is 44.6 Å². The zero-order valence-electron chi connectivity index (χ0n) is 13.4. The summed E-state index contributed by atoms with van der Waals surface area (Å²) in [5.74, 6) is -13.9. The minimum absolute atomic E-state index is 0.0948. The standard InChI is InChI=1S/C15H7F4IO7S/c1-5(21)26-8-4-6(2-3-7(8)20)15(22)27-13-9(16)11(18)14(28(23,24)25)12(19)10(13)17/h2-4H,1H3,(H,23,24,25). The maximum atomic E-state index is 13.9. The first-order valence-corrected chi connectivity index (χ1v) is 9.40. The molecule has 0 aliphatic carbocycles. The van der Waals surface area contributed by atoms with Gasteiger partial charge in [-0.1, -0.05) is 0 Å². The summed E-state index contributed by atoms with van der Waals surface area (Å²) in [7, 11) is -5.65. The van der Waals surface area contributed by atoms with Gasteiger partial charge >= 0.3 is 22.1 Å². The third-order valence-corrected chi connectivity index (χ3v) is 4.82. The fourth-order valence-electron chi connectivity index (χ4n) is 1.92. The lowest BCUT2D eigenvalue weighted by Gasteiger charge is -2.11. The summed E-state index contributed by atoms with van der Waals surface area (Å²) in [6.07, 6.45) is 0. The van der Waals surface area contributed by atoms with Crippen LogP contribution in [0.25, 0.3) is 0 Å². The number of esters is 2. The summed E-state index contributed by atoms with van der Waals surface area (Å²) in [4.78, 5) is 20.8. The molecule has 0 radical (unpaired) electrons. The van der Waals surface area contributed by atoms with Crippen LogP contribution in [0.5, 0.6) is 11.5 Å². The van der Waals surface area contributed by atoms with Gasteiger partial charge < -0.3 is 9.47 Å². The molecule has 0 unspecified atom stereocenters. The molecule has 2 aromatic rings. The Bertz CT molecular complexity index is 1070. The molecule has 2 aromatic carbocycles. The largest absolute Gasteiger partial charge is 0.426 e. The average Bonchev–Trinajstić information content (AvgIpc) is 2.57. The number of carbonyl (C=O) groups excluding carboxylic acids is 2. The maximum Gasteiger partial charge on any atom is 0.343 e. The van der Waals surface area contributed by atoms with Gasteiger partial charge in [0.15, 0.2) is 16.5 Å². The summed E-state index contributed by atoms with van der Waals surface area (Å²) in [5, 5.41) is 0. The summed E-state index contributed by atoms with van der Waals surface area (Å²) in [6, 6.07) is 3.36. The first-order chi connectivity index (χ1) is 12.8. The van der Waals surface area contributed by atoms with Crippen LogP contribution in [0.2, 0.25) is 0 Å². The number of benzene rings is 2. The van der Waals surface area contributed by atoms with Crippen molar-refractivity contribution in [3.8, 4) is 11.5 Å². The molecule has 0 aliphatic rings. The minimum Gasteiger partial charge on any atom is -0.426 e. The molecular weight excluding hydrogens is 527 g/mol.